The highest BCUT2D eigenvalue weighted by Crippen LogP contribution is 2.25. The minimum atomic E-state index is -0.971. The van der Waals surface area contributed by atoms with Crippen LogP contribution in [0.3, 0.4) is 0 Å². The topological polar surface area (TPSA) is 66.4 Å². The van der Waals surface area contributed by atoms with Crippen molar-refractivity contribution in [2.45, 2.75) is 60.4 Å². The molecule has 18 heavy (non-hydrogen) atoms. The zero-order chi connectivity index (χ0) is 14.5. The maximum Gasteiger partial charge on any atom is 0.326 e. The number of aliphatic carboxylic acids is 1. The van der Waals surface area contributed by atoms with Crippen LogP contribution in [0.2, 0.25) is 0 Å². The first-order chi connectivity index (χ1) is 8.03. The lowest BCUT2D eigenvalue weighted by atomic mass is 9.84. The first-order valence-corrected chi connectivity index (χ1v) is 6.55. The molecule has 0 aliphatic rings. The molecule has 0 aromatic carbocycles. The van der Waals surface area contributed by atoms with Gasteiger partial charge in [0.15, 0.2) is 0 Å². The van der Waals surface area contributed by atoms with E-state index in [9.17, 15) is 9.59 Å². The average Bonchev–Trinajstić information content (AvgIpc) is 2.09. The Morgan fingerprint density at radius 2 is 1.67 bits per heavy atom. The lowest BCUT2D eigenvalue weighted by molar-refractivity contribution is -0.143. The monoisotopic (exact) mass is 257 g/mol. The van der Waals surface area contributed by atoms with Gasteiger partial charge in [-0.2, -0.15) is 0 Å². The van der Waals surface area contributed by atoms with Gasteiger partial charge in [-0.1, -0.05) is 41.5 Å². The van der Waals surface area contributed by atoms with Gasteiger partial charge in [0.25, 0.3) is 0 Å². The molecule has 0 aliphatic heterocycles. The zero-order valence-electron chi connectivity index (χ0n) is 12.4. The first kappa shape index (κ1) is 16.9. The molecule has 4 nitrogen and oxygen atoms in total. The molecule has 0 rings (SSSR count). The average molecular weight is 257 g/mol. The highest BCUT2D eigenvalue weighted by Gasteiger charge is 2.24. The molecule has 0 aromatic heterocycles. The van der Waals surface area contributed by atoms with E-state index in [4.69, 9.17) is 5.11 Å². The lowest BCUT2D eigenvalue weighted by Gasteiger charge is -2.24. The fourth-order valence-corrected chi connectivity index (χ4v) is 2.18. The van der Waals surface area contributed by atoms with Crippen LogP contribution in [0.5, 0.6) is 0 Å². The fraction of sp³-hybridized carbons (Fsp3) is 0.857. The summed E-state index contributed by atoms with van der Waals surface area (Å²) in [6, 6.07) is -0.792. The van der Waals surface area contributed by atoms with Gasteiger partial charge in [0, 0.05) is 6.42 Å². The quantitative estimate of drug-likeness (QED) is 0.768. The summed E-state index contributed by atoms with van der Waals surface area (Å²) >= 11 is 0. The van der Waals surface area contributed by atoms with Gasteiger partial charge in [0.05, 0.1) is 0 Å². The van der Waals surface area contributed by atoms with Crippen molar-refractivity contribution in [1.82, 2.24) is 5.32 Å². The van der Waals surface area contributed by atoms with Crippen molar-refractivity contribution in [3.05, 3.63) is 0 Å². The molecule has 0 saturated carbocycles. The summed E-state index contributed by atoms with van der Waals surface area (Å²) < 4.78 is 0. The molecule has 0 radical (unpaired) electrons. The van der Waals surface area contributed by atoms with Crippen LogP contribution in [0, 0.1) is 17.3 Å². The largest absolute Gasteiger partial charge is 0.480 e. The number of hydrogen-bond acceptors (Lipinski definition) is 2. The van der Waals surface area contributed by atoms with Crippen molar-refractivity contribution in [3.8, 4) is 0 Å². The Bertz CT molecular complexity index is 292. The summed E-state index contributed by atoms with van der Waals surface area (Å²) in [6.45, 7) is 12.0. The molecule has 2 atom stereocenters. The SMILES string of the molecule is CC(CC(=O)N[C@H](C(=O)O)C(C)C)CC(C)(C)C. The van der Waals surface area contributed by atoms with Crippen molar-refractivity contribution in [1.29, 1.82) is 0 Å². The molecule has 1 unspecified atom stereocenters. The predicted octanol–water partition coefficient (Wildman–Crippen LogP) is 2.67. The van der Waals surface area contributed by atoms with Gasteiger partial charge in [0.2, 0.25) is 5.91 Å². The second kappa shape index (κ2) is 6.76. The van der Waals surface area contributed by atoms with Gasteiger partial charge >= 0.3 is 5.97 Å². The second-order valence-electron chi connectivity index (χ2n) is 6.70. The van der Waals surface area contributed by atoms with Crippen LogP contribution in [0.25, 0.3) is 0 Å². The van der Waals surface area contributed by atoms with E-state index in [2.05, 4.69) is 26.1 Å². The molecule has 0 heterocycles. The van der Waals surface area contributed by atoms with Crippen molar-refractivity contribution < 1.29 is 14.7 Å². The van der Waals surface area contributed by atoms with Crippen LogP contribution in [0.1, 0.15) is 54.4 Å². The molecular weight excluding hydrogens is 230 g/mol. The highest BCUT2D eigenvalue weighted by molar-refractivity contribution is 5.83. The number of hydrogen-bond donors (Lipinski definition) is 2. The third-order valence-electron chi connectivity index (χ3n) is 2.74. The normalized spacial score (nSPS) is 15.3. The minimum Gasteiger partial charge on any atom is -0.480 e. The van der Waals surface area contributed by atoms with Crippen LogP contribution in [-0.4, -0.2) is 23.0 Å². The van der Waals surface area contributed by atoms with Crippen molar-refractivity contribution in [3.63, 3.8) is 0 Å². The number of carboxylic acid groups (broad SMARTS) is 1. The number of carbonyl (C=O) groups excluding carboxylic acids is 1. The molecule has 2 N–H and O–H groups in total. The first-order valence-electron chi connectivity index (χ1n) is 6.55. The smallest absolute Gasteiger partial charge is 0.326 e. The van der Waals surface area contributed by atoms with Crippen LogP contribution in [-0.2, 0) is 9.59 Å². The third kappa shape index (κ3) is 7.30. The molecular formula is C14H27NO3. The van der Waals surface area contributed by atoms with Gasteiger partial charge in [-0.25, -0.2) is 4.79 Å². The van der Waals surface area contributed by atoms with E-state index in [0.717, 1.165) is 6.42 Å². The van der Waals surface area contributed by atoms with Crippen LogP contribution >= 0.6 is 0 Å². The Morgan fingerprint density at radius 3 is 2.00 bits per heavy atom. The molecule has 1 amide bonds. The standard InChI is InChI=1S/C14H27NO3/c1-9(2)12(13(17)18)15-11(16)7-10(3)8-14(4,5)6/h9-10,12H,7-8H2,1-6H3,(H,15,16)(H,17,18)/t10?,12-/m0/s1. The van der Waals surface area contributed by atoms with E-state index in [0.29, 0.717) is 6.42 Å². The molecule has 0 spiro atoms. The Balaban J connectivity index is 4.29. The van der Waals surface area contributed by atoms with E-state index in [1.54, 1.807) is 13.8 Å². The lowest BCUT2D eigenvalue weighted by Crippen LogP contribution is -2.44. The molecule has 4 heteroatoms. The minimum absolute atomic E-state index is 0.107. The van der Waals surface area contributed by atoms with Crippen molar-refractivity contribution in [2.75, 3.05) is 0 Å². The fourth-order valence-electron chi connectivity index (χ4n) is 2.18. The van der Waals surface area contributed by atoms with Gasteiger partial charge < -0.3 is 10.4 Å². The summed E-state index contributed by atoms with van der Waals surface area (Å²) in [5.41, 5.74) is 0.184. The van der Waals surface area contributed by atoms with Crippen LogP contribution in [0.4, 0.5) is 0 Å². The predicted molar refractivity (Wildman–Crippen MR) is 72.3 cm³/mol. The van der Waals surface area contributed by atoms with E-state index >= 15 is 0 Å². The summed E-state index contributed by atoms with van der Waals surface area (Å²) in [4.78, 5) is 22.8. The van der Waals surface area contributed by atoms with Gasteiger partial charge in [-0.05, 0) is 23.7 Å². The Hall–Kier alpha value is -1.06. The van der Waals surface area contributed by atoms with E-state index in [1.807, 2.05) is 6.92 Å². The molecule has 0 fully saturated rings. The Labute approximate surface area is 110 Å². The third-order valence-corrected chi connectivity index (χ3v) is 2.74. The van der Waals surface area contributed by atoms with Crippen molar-refractivity contribution in [2.24, 2.45) is 17.3 Å². The highest BCUT2D eigenvalue weighted by atomic mass is 16.4. The molecule has 0 aromatic rings. The van der Waals surface area contributed by atoms with Gasteiger partial charge in [0.1, 0.15) is 6.04 Å². The summed E-state index contributed by atoms with van der Waals surface area (Å²) in [6.07, 6.45) is 1.33. The van der Waals surface area contributed by atoms with E-state index in [1.165, 1.54) is 0 Å². The summed E-state index contributed by atoms with van der Waals surface area (Å²) in [5.74, 6) is -0.995. The molecule has 0 aliphatic carbocycles. The number of carboxylic acids is 1. The second-order valence-corrected chi connectivity index (χ2v) is 6.70. The summed E-state index contributed by atoms with van der Waals surface area (Å²) in [7, 11) is 0. The van der Waals surface area contributed by atoms with Gasteiger partial charge in [-0.15, -0.1) is 0 Å². The van der Waals surface area contributed by atoms with Gasteiger partial charge in [-0.3, -0.25) is 4.79 Å². The molecule has 0 saturated heterocycles. The molecule has 0 bridgehead atoms. The Kier molecular flexibility index (Phi) is 6.36. The number of amides is 1. The number of rotatable bonds is 6. The number of nitrogens with one attached hydrogen (secondary N) is 1. The van der Waals surface area contributed by atoms with Crippen LogP contribution in [0.15, 0.2) is 0 Å². The molecule has 106 valence electrons. The maximum atomic E-state index is 11.8. The zero-order valence-corrected chi connectivity index (χ0v) is 12.4. The maximum absolute atomic E-state index is 11.8. The van der Waals surface area contributed by atoms with Crippen molar-refractivity contribution >= 4 is 11.9 Å². The number of carbonyl (C=O) groups is 2. The van der Waals surface area contributed by atoms with E-state index in [-0.39, 0.29) is 23.2 Å². The summed E-state index contributed by atoms with van der Waals surface area (Å²) in [5, 5.41) is 11.6. The van der Waals surface area contributed by atoms with Crippen LogP contribution < -0.4 is 5.32 Å². The Morgan fingerprint density at radius 1 is 1.17 bits per heavy atom. The van der Waals surface area contributed by atoms with E-state index < -0.39 is 12.0 Å².